The molecule has 0 aliphatic carbocycles. The summed E-state index contributed by atoms with van der Waals surface area (Å²) in [6.45, 7) is 2.17. The third kappa shape index (κ3) is 7.58. The van der Waals surface area contributed by atoms with Crippen LogP contribution in [0.1, 0.15) is 28.4 Å². The summed E-state index contributed by atoms with van der Waals surface area (Å²) < 4.78 is 5.83. The predicted octanol–water partition coefficient (Wildman–Crippen LogP) is 5.19. The second-order valence-corrected chi connectivity index (χ2v) is 9.22. The summed E-state index contributed by atoms with van der Waals surface area (Å²) >= 11 is 9.43. The number of phenols is 1. The lowest BCUT2D eigenvalue weighted by atomic mass is 10.1. The van der Waals surface area contributed by atoms with Crippen LogP contribution < -0.4 is 20.4 Å². The molecule has 0 fully saturated rings. The van der Waals surface area contributed by atoms with E-state index in [9.17, 15) is 14.7 Å². The van der Waals surface area contributed by atoms with Gasteiger partial charge in [-0.15, -0.1) is 0 Å². The van der Waals surface area contributed by atoms with Crippen LogP contribution in [-0.4, -0.2) is 43.8 Å². The lowest BCUT2D eigenvalue weighted by Gasteiger charge is -2.13. The maximum Gasteiger partial charge on any atom is 0.287 e. The Labute approximate surface area is 228 Å². The molecule has 0 aliphatic heterocycles. The number of rotatable bonds is 9. The highest BCUT2D eigenvalue weighted by Gasteiger charge is 2.16. The third-order valence-corrected chi connectivity index (χ3v) is 6.00. The summed E-state index contributed by atoms with van der Waals surface area (Å²) in [5, 5.41) is 17.0. The first-order valence-corrected chi connectivity index (χ1v) is 12.4. The van der Waals surface area contributed by atoms with E-state index in [1.807, 2.05) is 43.3 Å². The number of phenolic OH excluding ortho intramolecular Hbond substituents is 1. The number of hydrogen-bond acceptors (Lipinski definition) is 6. The van der Waals surface area contributed by atoms with Crippen LogP contribution in [0.15, 0.2) is 75.9 Å². The predicted molar refractivity (Wildman–Crippen MR) is 150 cm³/mol. The lowest BCUT2D eigenvalue weighted by molar-refractivity contribution is -0.117. The molecule has 3 aromatic carbocycles. The third-order valence-electron chi connectivity index (χ3n) is 5.06. The van der Waals surface area contributed by atoms with Crippen LogP contribution >= 0.6 is 27.5 Å². The Morgan fingerprint density at radius 3 is 2.46 bits per heavy atom. The number of nitrogens with one attached hydrogen (secondary N) is 2. The van der Waals surface area contributed by atoms with Gasteiger partial charge >= 0.3 is 0 Å². The second kappa shape index (κ2) is 12.9. The zero-order valence-corrected chi connectivity index (χ0v) is 22.8. The topological polar surface area (TPSA) is 103 Å². The highest BCUT2D eigenvalue weighted by molar-refractivity contribution is 9.10. The van der Waals surface area contributed by atoms with Crippen molar-refractivity contribution >= 4 is 57.3 Å². The molecule has 3 N–H and O–H groups in total. The number of nitrogens with zero attached hydrogens (tertiary/aromatic N) is 2. The van der Waals surface area contributed by atoms with Gasteiger partial charge in [0.25, 0.3) is 11.8 Å². The molecule has 0 aromatic heterocycles. The number of benzene rings is 3. The summed E-state index contributed by atoms with van der Waals surface area (Å²) in [5.41, 5.74) is 4.88. The van der Waals surface area contributed by atoms with Gasteiger partial charge in [0.1, 0.15) is 5.70 Å². The van der Waals surface area contributed by atoms with Gasteiger partial charge in [-0.1, -0.05) is 35.9 Å². The van der Waals surface area contributed by atoms with Gasteiger partial charge in [0, 0.05) is 19.8 Å². The molecule has 10 heteroatoms. The Morgan fingerprint density at radius 1 is 1.11 bits per heavy atom. The number of carbonyl (C=O) groups is 2. The van der Waals surface area contributed by atoms with E-state index in [1.165, 1.54) is 6.21 Å². The lowest BCUT2D eigenvalue weighted by Crippen LogP contribution is -2.33. The summed E-state index contributed by atoms with van der Waals surface area (Å²) in [4.78, 5) is 27.9. The molecule has 0 aliphatic rings. The smallest absolute Gasteiger partial charge is 0.287 e. The molecule has 2 amide bonds. The number of halogens is 2. The van der Waals surface area contributed by atoms with E-state index in [2.05, 4.69) is 31.8 Å². The molecule has 0 heterocycles. The van der Waals surface area contributed by atoms with Gasteiger partial charge in [-0.25, -0.2) is 5.43 Å². The molecule has 0 radical (unpaired) electrons. The molecule has 3 rings (SSSR count). The van der Waals surface area contributed by atoms with Crippen molar-refractivity contribution in [3.05, 3.63) is 92.5 Å². The fourth-order valence-corrected chi connectivity index (χ4v) is 3.87. The minimum absolute atomic E-state index is 0.0263. The van der Waals surface area contributed by atoms with E-state index >= 15 is 0 Å². The summed E-state index contributed by atoms with van der Waals surface area (Å²) in [7, 11) is 3.85. The summed E-state index contributed by atoms with van der Waals surface area (Å²) in [6.07, 6.45) is 2.94. The first kappa shape index (κ1) is 27.8. The molecule has 0 saturated carbocycles. The SMILES string of the molecule is CCOc1cc(/C=N/NC(=O)C(=Cc2ccc(N(C)C)cc2)NC(=O)c2ccccc2Cl)cc(Br)c1O. The maximum atomic E-state index is 13.0. The number of carbonyl (C=O) groups excluding carboxylic acids is 2. The Kier molecular flexibility index (Phi) is 9.71. The van der Waals surface area contributed by atoms with E-state index in [-0.39, 0.29) is 27.8 Å². The van der Waals surface area contributed by atoms with Crippen molar-refractivity contribution in [3.63, 3.8) is 0 Å². The number of aromatic hydroxyl groups is 1. The largest absolute Gasteiger partial charge is 0.503 e. The van der Waals surface area contributed by atoms with E-state index in [0.717, 1.165) is 5.69 Å². The van der Waals surface area contributed by atoms with E-state index < -0.39 is 11.8 Å². The molecule has 8 nitrogen and oxygen atoms in total. The Bertz CT molecular complexity index is 1340. The molecular weight excluding hydrogens is 560 g/mol. The fraction of sp³-hybridized carbons (Fsp3) is 0.148. The normalized spacial score (nSPS) is 11.3. The van der Waals surface area contributed by atoms with Crippen LogP contribution in [0.25, 0.3) is 6.08 Å². The van der Waals surface area contributed by atoms with E-state index in [4.69, 9.17) is 16.3 Å². The summed E-state index contributed by atoms with van der Waals surface area (Å²) in [6, 6.07) is 17.2. The van der Waals surface area contributed by atoms with Crippen molar-refractivity contribution in [2.75, 3.05) is 25.6 Å². The van der Waals surface area contributed by atoms with E-state index in [0.29, 0.717) is 22.2 Å². The van der Waals surface area contributed by atoms with E-state index in [1.54, 1.807) is 49.4 Å². The quantitative estimate of drug-likeness (QED) is 0.182. The average molecular weight is 586 g/mol. The Balaban J connectivity index is 1.85. The first-order valence-electron chi connectivity index (χ1n) is 11.2. The monoisotopic (exact) mass is 584 g/mol. The number of anilines is 1. The fourth-order valence-electron chi connectivity index (χ4n) is 3.19. The average Bonchev–Trinajstić information content (AvgIpc) is 2.87. The molecule has 3 aromatic rings. The van der Waals surface area contributed by atoms with Crippen LogP contribution in [0.3, 0.4) is 0 Å². The van der Waals surface area contributed by atoms with Gasteiger partial charge in [0.05, 0.1) is 27.9 Å². The molecule has 0 unspecified atom stereocenters. The van der Waals surface area contributed by atoms with Crippen molar-refractivity contribution in [3.8, 4) is 11.5 Å². The van der Waals surface area contributed by atoms with Crippen LogP contribution in [-0.2, 0) is 4.79 Å². The second-order valence-electron chi connectivity index (χ2n) is 7.96. The summed E-state index contributed by atoms with van der Waals surface area (Å²) in [5.74, 6) is -0.935. The van der Waals surface area contributed by atoms with Gasteiger partial charge in [-0.3, -0.25) is 9.59 Å². The molecule has 37 heavy (non-hydrogen) atoms. The maximum absolute atomic E-state index is 13.0. The van der Waals surface area contributed by atoms with Gasteiger partial charge < -0.3 is 20.1 Å². The standard InChI is InChI=1S/C27H26BrClN4O4/c1-4-37-24-15-18(13-21(28)25(24)34)16-30-32-27(36)23(14-17-9-11-19(12-10-17)33(2)3)31-26(35)20-7-5-6-8-22(20)29/h5-16,34H,4H2,1-3H3,(H,31,35)(H,32,36)/b23-14?,30-16+. The molecule has 192 valence electrons. The molecule has 0 atom stereocenters. The van der Waals surface area contributed by atoms with Gasteiger partial charge in [0.2, 0.25) is 0 Å². The van der Waals surface area contributed by atoms with Crippen molar-refractivity contribution in [2.24, 2.45) is 5.10 Å². The molecule has 0 saturated heterocycles. The van der Waals surface area contributed by atoms with Crippen LogP contribution in [0, 0.1) is 0 Å². The zero-order chi connectivity index (χ0) is 26.9. The van der Waals surface area contributed by atoms with Crippen molar-refractivity contribution in [2.45, 2.75) is 6.92 Å². The molecule has 0 bridgehead atoms. The Hall–Kier alpha value is -3.82. The van der Waals surface area contributed by atoms with Crippen molar-refractivity contribution in [1.82, 2.24) is 10.7 Å². The number of hydrazone groups is 1. The number of ether oxygens (including phenoxy) is 1. The van der Waals surface area contributed by atoms with Crippen LogP contribution in [0.5, 0.6) is 11.5 Å². The number of amides is 2. The van der Waals surface area contributed by atoms with Crippen molar-refractivity contribution < 1.29 is 19.4 Å². The first-order chi connectivity index (χ1) is 17.7. The van der Waals surface area contributed by atoms with Crippen LogP contribution in [0.4, 0.5) is 5.69 Å². The Morgan fingerprint density at radius 2 is 1.81 bits per heavy atom. The number of hydrogen-bond donors (Lipinski definition) is 3. The van der Waals surface area contributed by atoms with Gasteiger partial charge in [0.15, 0.2) is 11.5 Å². The molecular formula is C27H26BrClN4O4. The van der Waals surface area contributed by atoms with Crippen LogP contribution in [0.2, 0.25) is 5.02 Å². The highest BCUT2D eigenvalue weighted by atomic mass is 79.9. The minimum Gasteiger partial charge on any atom is -0.503 e. The van der Waals surface area contributed by atoms with Gasteiger partial charge in [-0.05, 0) is 76.5 Å². The molecule has 0 spiro atoms. The van der Waals surface area contributed by atoms with Gasteiger partial charge in [-0.2, -0.15) is 5.10 Å². The zero-order valence-electron chi connectivity index (χ0n) is 20.5. The van der Waals surface area contributed by atoms with Crippen molar-refractivity contribution in [1.29, 1.82) is 0 Å². The highest BCUT2D eigenvalue weighted by Crippen LogP contribution is 2.35. The minimum atomic E-state index is -0.642.